The molecule has 1 aromatic heterocycles. The van der Waals surface area contributed by atoms with Gasteiger partial charge in [-0.1, -0.05) is 0 Å². The number of hydrogen-bond donors (Lipinski definition) is 3. The summed E-state index contributed by atoms with van der Waals surface area (Å²) < 4.78 is 13.8. The molecule has 0 saturated carbocycles. The molecule has 2 rings (SSSR count). The van der Waals surface area contributed by atoms with E-state index in [1.54, 1.807) is 4.98 Å². The van der Waals surface area contributed by atoms with E-state index >= 15 is 0 Å². The average molecular weight is 245 g/mol. The first kappa shape index (κ1) is 11.5. The molecule has 1 saturated heterocycles. The SMILES string of the molecule is O=C(O)[C@H]1C[C@H](n2cc(F)c(=O)[nH]c2=O)ON1. The molecule has 92 valence electrons. The van der Waals surface area contributed by atoms with Crippen molar-refractivity contribution in [1.29, 1.82) is 0 Å². The lowest BCUT2D eigenvalue weighted by Gasteiger charge is -2.10. The van der Waals surface area contributed by atoms with Crippen molar-refractivity contribution < 1.29 is 19.1 Å². The Morgan fingerprint density at radius 2 is 2.29 bits per heavy atom. The van der Waals surface area contributed by atoms with Crippen LogP contribution in [0.4, 0.5) is 4.39 Å². The number of carbonyl (C=O) groups is 1. The molecule has 2 atom stereocenters. The molecule has 2 heterocycles. The van der Waals surface area contributed by atoms with Gasteiger partial charge in [0.25, 0.3) is 5.56 Å². The predicted molar refractivity (Wildman–Crippen MR) is 50.6 cm³/mol. The molecular weight excluding hydrogens is 237 g/mol. The summed E-state index contributed by atoms with van der Waals surface area (Å²) in [5.41, 5.74) is 0.193. The van der Waals surface area contributed by atoms with Crippen LogP contribution in [0.3, 0.4) is 0 Å². The topological polar surface area (TPSA) is 113 Å². The fourth-order valence-corrected chi connectivity index (χ4v) is 1.45. The molecule has 0 bridgehead atoms. The zero-order chi connectivity index (χ0) is 12.6. The quantitative estimate of drug-likeness (QED) is 0.587. The van der Waals surface area contributed by atoms with Gasteiger partial charge in [-0.15, -0.1) is 0 Å². The van der Waals surface area contributed by atoms with Gasteiger partial charge in [-0.3, -0.25) is 24.0 Å². The molecule has 3 N–H and O–H groups in total. The van der Waals surface area contributed by atoms with Crippen LogP contribution in [0.2, 0.25) is 0 Å². The summed E-state index contributed by atoms with van der Waals surface area (Å²) in [7, 11) is 0. The minimum Gasteiger partial charge on any atom is -0.480 e. The van der Waals surface area contributed by atoms with Gasteiger partial charge in [0.2, 0.25) is 5.82 Å². The third kappa shape index (κ3) is 2.10. The minimum atomic E-state index is -1.15. The molecule has 0 unspecified atom stereocenters. The Kier molecular flexibility index (Phi) is 2.77. The molecule has 9 heteroatoms. The summed E-state index contributed by atoms with van der Waals surface area (Å²) >= 11 is 0. The number of rotatable bonds is 2. The Balaban J connectivity index is 2.31. The number of carboxylic acids is 1. The van der Waals surface area contributed by atoms with E-state index in [1.165, 1.54) is 0 Å². The van der Waals surface area contributed by atoms with E-state index in [1.807, 2.05) is 0 Å². The summed E-state index contributed by atoms with van der Waals surface area (Å²) in [4.78, 5) is 39.3. The lowest BCUT2D eigenvalue weighted by atomic mass is 10.2. The van der Waals surface area contributed by atoms with Gasteiger partial charge >= 0.3 is 11.7 Å². The van der Waals surface area contributed by atoms with E-state index in [9.17, 15) is 18.8 Å². The highest BCUT2D eigenvalue weighted by Crippen LogP contribution is 2.19. The highest BCUT2D eigenvalue weighted by Gasteiger charge is 2.32. The first-order chi connectivity index (χ1) is 7.99. The van der Waals surface area contributed by atoms with Crippen LogP contribution in [0.25, 0.3) is 0 Å². The molecule has 17 heavy (non-hydrogen) atoms. The van der Waals surface area contributed by atoms with Gasteiger partial charge in [-0.25, -0.2) is 4.79 Å². The largest absolute Gasteiger partial charge is 0.480 e. The summed E-state index contributed by atoms with van der Waals surface area (Å²) in [5, 5.41) is 8.68. The number of aliphatic carboxylic acids is 1. The molecular formula is C8H8FN3O5. The third-order valence-corrected chi connectivity index (χ3v) is 2.32. The van der Waals surface area contributed by atoms with Gasteiger partial charge in [0.1, 0.15) is 6.04 Å². The lowest BCUT2D eigenvalue weighted by molar-refractivity contribution is -0.140. The zero-order valence-corrected chi connectivity index (χ0v) is 8.34. The van der Waals surface area contributed by atoms with Crippen LogP contribution in [-0.4, -0.2) is 26.7 Å². The summed E-state index contributed by atoms with van der Waals surface area (Å²) in [6.07, 6.45) is -0.353. The van der Waals surface area contributed by atoms with Crippen LogP contribution < -0.4 is 16.7 Å². The maximum Gasteiger partial charge on any atom is 0.330 e. The number of hydrogen-bond acceptors (Lipinski definition) is 5. The fraction of sp³-hybridized carbons (Fsp3) is 0.375. The molecule has 0 radical (unpaired) electrons. The van der Waals surface area contributed by atoms with Crippen molar-refractivity contribution in [3.8, 4) is 0 Å². The summed E-state index contributed by atoms with van der Waals surface area (Å²) in [6.45, 7) is 0. The standard InChI is InChI=1S/C8H8FN3O5/c9-3-2-12(8(16)10-6(3)13)5-1-4(7(14)15)11-17-5/h2,4-5,11H,1H2,(H,14,15)(H,10,13,16)/t4-,5-/m1/s1. The number of halogens is 1. The van der Waals surface area contributed by atoms with Crippen LogP contribution in [0.15, 0.2) is 15.8 Å². The van der Waals surface area contributed by atoms with Crippen molar-refractivity contribution in [3.05, 3.63) is 32.9 Å². The molecule has 1 aromatic rings. The van der Waals surface area contributed by atoms with Crippen LogP contribution in [0.1, 0.15) is 12.6 Å². The fourth-order valence-electron chi connectivity index (χ4n) is 1.45. The van der Waals surface area contributed by atoms with E-state index < -0.39 is 35.3 Å². The Morgan fingerprint density at radius 1 is 1.59 bits per heavy atom. The van der Waals surface area contributed by atoms with Crippen LogP contribution >= 0.6 is 0 Å². The van der Waals surface area contributed by atoms with E-state index in [4.69, 9.17) is 9.94 Å². The van der Waals surface area contributed by atoms with Crippen molar-refractivity contribution in [2.45, 2.75) is 18.7 Å². The van der Waals surface area contributed by atoms with Gasteiger partial charge in [-0.2, -0.15) is 9.87 Å². The molecule has 0 aromatic carbocycles. The molecule has 1 aliphatic rings. The van der Waals surface area contributed by atoms with Crippen molar-refractivity contribution in [1.82, 2.24) is 15.0 Å². The van der Waals surface area contributed by atoms with Crippen molar-refractivity contribution in [2.24, 2.45) is 0 Å². The van der Waals surface area contributed by atoms with Gasteiger partial charge in [-0.05, 0) is 0 Å². The smallest absolute Gasteiger partial charge is 0.330 e. The van der Waals surface area contributed by atoms with Gasteiger partial charge in [0, 0.05) is 6.42 Å². The maximum atomic E-state index is 13.0. The molecule has 0 spiro atoms. The van der Waals surface area contributed by atoms with Gasteiger partial charge < -0.3 is 5.11 Å². The second-order valence-corrected chi connectivity index (χ2v) is 3.46. The molecule has 0 amide bonds. The van der Waals surface area contributed by atoms with E-state index in [0.717, 1.165) is 4.57 Å². The normalized spacial score (nSPS) is 23.8. The predicted octanol–water partition coefficient (Wildman–Crippen LogP) is -1.45. The van der Waals surface area contributed by atoms with Crippen molar-refractivity contribution >= 4 is 5.97 Å². The van der Waals surface area contributed by atoms with Gasteiger partial charge in [0.15, 0.2) is 6.23 Å². The summed E-state index contributed by atoms with van der Waals surface area (Å²) in [5.74, 6) is -2.29. The van der Waals surface area contributed by atoms with Gasteiger partial charge in [0.05, 0.1) is 6.20 Å². The maximum absolute atomic E-state index is 13.0. The lowest BCUT2D eigenvalue weighted by Crippen LogP contribution is -2.33. The summed E-state index contributed by atoms with van der Waals surface area (Å²) in [6, 6.07) is -0.984. The highest BCUT2D eigenvalue weighted by molar-refractivity contribution is 5.73. The monoisotopic (exact) mass is 245 g/mol. The third-order valence-electron chi connectivity index (χ3n) is 2.32. The number of aromatic nitrogens is 2. The van der Waals surface area contributed by atoms with Crippen LogP contribution in [0.5, 0.6) is 0 Å². The number of nitrogens with one attached hydrogen (secondary N) is 2. The average Bonchev–Trinajstić information content (AvgIpc) is 2.72. The van der Waals surface area contributed by atoms with E-state index in [-0.39, 0.29) is 6.42 Å². The molecule has 1 fully saturated rings. The minimum absolute atomic E-state index is 0.0548. The van der Waals surface area contributed by atoms with Crippen LogP contribution in [-0.2, 0) is 9.63 Å². The van der Waals surface area contributed by atoms with Crippen LogP contribution in [0, 0.1) is 5.82 Å². The molecule has 8 nitrogen and oxygen atoms in total. The van der Waals surface area contributed by atoms with Crippen molar-refractivity contribution in [2.75, 3.05) is 0 Å². The van der Waals surface area contributed by atoms with E-state index in [2.05, 4.69) is 5.48 Å². The number of carboxylic acid groups (broad SMARTS) is 1. The Labute approximate surface area is 92.6 Å². The second-order valence-electron chi connectivity index (χ2n) is 3.46. The number of aromatic amines is 1. The molecule has 1 aliphatic heterocycles. The Morgan fingerprint density at radius 3 is 2.88 bits per heavy atom. The Hall–Kier alpha value is -2.00. The highest BCUT2D eigenvalue weighted by atomic mass is 19.1. The first-order valence-electron chi connectivity index (χ1n) is 4.64. The van der Waals surface area contributed by atoms with Crippen molar-refractivity contribution in [3.63, 3.8) is 0 Å². The van der Waals surface area contributed by atoms with E-state index in [0.29, 0.717) is 6.20 Å². The molecule has 0 aliphatic carbocycles. The number of nitrogens with zero attached hydrogens (tertiary/aromatic N) is 1. The number of hydroxylamine groups is 1. The second kappa shape index (κ2) is 4.11. The first-order valence-corrected chi connectivity index (χ1v) is 4.64. The Bertz CT molecular complexity index is 565. The zero-order valence-electron chi connectivity index (χ0n) is 8.34. The number of H-pyrrole nitrogens is 1.